The third-order valence-electron chi connectivity index (χ3n) is 3.14. The Bertz CT molecular complexity index is 450. The standard InChI is InChI=1S/C13H15NO3/c14-13(15)11-3-1-2-10(8-4-5-8)12(11)17-7-9-6-16-9/h1-3,8-9H,4-7H2,(H2,14,15)/t9-/m0/s1. The topological polar surface area (TPSA) is 64.9 Å². The molecular formula is C13H15NO3. The van der Waals surface area contributed by atoms with E-state index in [0.29, 0.717) is 23.8 Å². The number of nitrogens with two attached hydrogens (primary N) is 1. The molecule has 1 aromatic rings. The number of hydrogen-bond donors (Lipinski definition) is 1. The van der Waals surface area contributed by atoms with Crippen LogP contribution in [0.25, 0.3) is 0 Å². The van der Waals surface area contributed by atoms with E-state index in [1.165, 1.54) is 12.8 Å². The summed E-state index contributed by atoms with van der Waals surface area (Å²) >= 11 is 0. The molecule has 2 fully saturated rings. The molecule has 0 radical (unpaired) electrons. The summed E-state index contributed by atoms with van der Waals surface area (Å²) in [4.78, 5) is 11.4. The molecule has 2 aliphatic rings. The van der Waals surface area contributed by atoms with Crippen molar-refractivity contribution in [2.75, 3.05) is 13.2 Å². The van der Waals surface area contributed by atoms with Crippen LogP contribution in [-0.2, 0) is 4.74 Å². The lowest BCUT2D eigenvalue weighted by Crippen LogP contribution is -2.15. The minimum Gasteiger partial charge on any atom is -0.490 e. The molecule has 0 unspecified atom stereocenters. The summed E-state index contributed by atoms with van der Waals surface area (Å²) in [5.41, 5.74) is 6.97. The Labute approximate surface area is 99.7 Å². The molecule has 1 heterocycles. The zero-order valence-corrected chi connectivity index (χ0v) is 9.52. The van der Waals surface area contributed by atoms with Gasteiger partial charge in [0, 0.05) is 0 Å². The molecule has 2 N–H and O–H groups in total. The molecule has 1 saturated carbocycles. The summed E-state index contributed by atoms with van der Waals surface area (Å²) in [5, 5.41) is 0. The van der Waals surface area contributed by atoms with Crippen molar-refractivity contribution in [1.82, 2.24) is 0 Å². The van der Waals surface area contributed by atoms with Crippen molar-refractivity contribution in [1.29, 1.82) is 0 Å². The molecule has 1 saturated heterocycles. The molecule has 0 aromatic heterocycles. The number of primary amides is 1. The van der Waals surface area contributed by atoms with Crippen LogP contribution >= 0.6 is 0 Å². The van der Waals surface area contributed by atoms with E-state index in [9.17, 15) is 4.79 Å². The minimum atomic E-state index is -0.431. The van der Waals surface area contributed by atoms with E-state index < -0.39 is 5.91 Å². The van der Waals surface area contributed by atoms with Crippen LogP contribution < -0.4 is 10.5 Å². The van der Waals surface area contributed by atoms with Crippen LogP contribution in [0.5, 0.6) is 5.75 Å². The van der Waals surface area contributed by atoms with Gasteiger partial charge in [0.05, 0.1) is 12.2 Å². The van der Waals surface area contributed by atoms with Gasteiger partial charge in [0.25, 0.3) is 5.91 Å². The van der Waals surface area contributed by atoms with Gasteiger partial charge in [-0.15, -0.1) is 0 Å². The van der Waals surface area contributed by atoms with Crippen molar-refractivity contribution >= 4 is 5.91 Å². The van der Waals surface area contributed by atoms with Gasteiger partial charge in [-0.1, -0.05) is 12.1 Å². The quantitative estimate of drug-likeness (QED) is 0.783. The number of carbonyl (C=O) groups is 1. The van der Waals surface area contributed by atoms with Gasteiger partial charge in [0.1, 0.15) is 18.5 Å². The van der Waals surface area contributed by atoms with Crippen LogP contribution in [0.15, 0.2) is 18.2 Å². The maximum absolute atomic E-state index is 11.4. The first-order chi connectivity index (χ1) is 8.25. The molecule has 1 aliphatic carbocycles. The highest BCUT2D eigenvalue weighted by atomic mass is 16.6. The van der Waals surface area contributed by atoms with Crippen molar-refractivity contribution in [3.05, 3.63) is 29.3 Å². The van der Waals surface area contributed by atoms with E-state index in [-0.39, 0.29) is 6.10 Å². The van der Waals surface area contributed by atoms with Gasteiger partial charge >= 0.3 is 0 Å². The van der Waals surface area contributed by atoms with Crippen LogP contribution in [0.4, 0.5) is 0 Å². The number of ether oxygens (including phenoxy) is 2. The first-order valence-corrected chi connectivity index (χ1v) is 5.93. The van der Waals surface area contributed by atoms with Crippen LogP contribution in [-0.4, -0.2) is 25.2 Å². The van der Waals surface area contributed by atoms with Crippen LogP contribution in [0.1, 0.15) is 34.7 Å². The van der Waals surface area contributed by atoms with Gasteiger partial charge in [-0.3, -0.25) is 4.79 Å². The number of carbonyl (C=O) groups excluding carboxylic acids is 1. The van der Waals surface area contributed by atoms with Gasteiger partial charge in [-0.05, 0) is 30.4 Å². The zero-order valence-electron chi connectivity index (χ0n) is 9.52. The van der Waals surface area contributed by atoms with Gasteiger partial charge in [0.2, 0.25) is 0 Å². The van der Waals surface area contributed by atoms with Crippen LogP contribution in [0.2, 0.25) is 0 Å². The fraction of sp³-hybridized carbons (Fsp3) is 0.462. The summed E-state index contributed by atoms with van der Waals surface area (Å²) in [6.45, 7) is 1.25. The smallest absolute Gasteiger partial charge is 0.252 e. The number of para-hydroxylation sites is 1. The Morgan fingerprint density at radius 1 is 1.47 bits per heavy atom. The average molecular weight is 233 g/mol. The molecule has 1 amide bonds. The van der Waals surface area contributed by atoms with Crippen molar-refractivity contribution < 1.29 is 14.3 Å². The van der Waals surface area contributed by atoms with E-state index in [1.807, 2.05) is 12.1 Å². The lowest BCUT2D eigenvalue weighted by Gasteiger charge is -2.13. The number of rotatable bonds is 5. The second-order valence-corrected chi connectivity index (χ2v) is 4.63. The number of epoxide rings is 1. The monoisotopic (exact) mass is 233 g/mol. The normalized spacial score (nSPS) is 22.2. The summed E-state index contributed by atoms with van der Waals surface area (Å²) in [7, 11) is 0. The predicted octanol–water partition coefficient (Wildman–Crippen LogP) is 1.44. The largest absolute Gasteiger partial charge is 0.490 e. The highest BCUT2D eigenvalue weighted by Crippen LogP contribution is 2.45. The summed E-state index contributed by atoms with van der Waals surface area (Å²) in [6.07, 6.45) is 2.51. The number of benzene rings is 1. The van der Waals surface area contributed by atoms with E-state index in [1.54, 1.807) is 6.07 Å². The van der Waals surface area contributed by atoms with Gasteiger partial charge in [-0.25, -0.2) is 0 Å². The molecule has 1 aliphatic heterocycles. The van der Waals surface area contributed by atoms with E-state index in [2.05, 4.69) is 0 Å². The molecule has 0 bridgehead atoms. The SMILES string of the molecule is NC(=O)c1cccc(C2CC2)c1OC[C@@H]1CO1. The van der Waals surface area contributed by atoms with Gasteiger partial charge in [0.15, 0.2) is 0 Å². The zero-order chi connectivity index (χ0) is 11.8. The first-order valence-electron chi connectivity index (χ1n) is 5.93. The van der Waals surface area contributed by atoms with E-state index in [4.69, 9.17) is 15.2 Å². The van der Waals surface area contributed by atoms with Gasteiger partial charge < -0.3 is 15.2 Å². The number of hydrogen-bond acceptors (Lipinski definition) is 3. The molecule has 1 atom stereocenters. The van der Waals surface area contributed by atoms with Crippen molar-refractivity contribution in [2.45, 2.75) is 24.9 Å². The fourth-order valence-corrected chi connectivity index (χ4v) is 1.97. The molecular weight excluding hydrogens is 218 g/mol. The first kappa shape index (κ1) is 10.6. The molecule has 0 spiro atoms. The molecule has 90 valence electrons. The Morgan fingerprint density at radius 2 is 2.24 bits per heavy atom. The Hall–Kier alpha value is -1.55. The van der Waals surface area contributed by atoms with E-state index in [0.717, 1.165) is 12.2 Å². The van der Waals surface area contributed by atoms with Crippen LogP contribution in [0, 0.1) is 0 Å². The third-order valence-corrected chi connectivity index (χ3v) is 3.14. The van der Waals surface area contributed by atoms with Crippen molar-refractivity contribution in [3.8, 4) is 5.75 Å². The van der Waals surface area contributed by atoms with E-state index >= 15 is 0 Å². The van der Waals surface area contributed by atoms with Gasteiger partial charge in [-0.2, -0.15) is 0 Å². The van der Waals surface area contributed by atoms with Crippen LogP contribution in [0.3, 0.4) is 0 Å². The molecule has 17 heavy (non-hydrogen) atoms. The molecule has 4 nitrogen and oxygen atoms in total. The summed E-state index contributed by atoms with van der Waals surface area (Å²) < 4.78 is 10.8. The lowest BCUT2D eigenvalue weighted by molar-refractivity contribution is 0.0995. The van der Waals surface area contributed by atoms with Crippen molar-refractivity contribution in [2.24, 2.45) is 5.73 Å². The molecule has 1 aromatic carbocycles. The Balaban J connectivity index is 1.90. The number of amides is 1. The molecule has 3 rings (SSSR count). The predicted molar refractivity (Wildman–Crippen MR) is 62.2 cm³/mol. The third kappa shape index (κ3) is 2.26. The summed E-state index contributed by atoms with van der Waals surface area (Å²) in [5.74, 6) is 0.765. The highest BCUT2D eigenvalue weighted by molar-refractivity contribution is 5.96. The fourth-order valence-electron chi connectivity index (χ4n) is 1.97. The second kappa shape index (κ2) is 4.04. The average Bonchev–Trinajstić information content (AvgIpc) is 3.16. The second-order valence-electron chi connectivity index (χ2n) is 4.63. The lowest BCUT2D eigenvalue weighted by atomic mass is 10.0. The Kier molecular flexibility index (Phi) is 2.52. The Morgan fingerprint density at radius 3 is 2.82 bits per heavy atom. The maximum Gasteiger partial charge on any atom is 0.252 e. The molecule has 4 heteroatoms. The maximum atomic E-state index is 11.4. The highest BCUT2D eigenvalue weighted by Gasteiger charge is 2.30. The summed E-state index contributed by atoms with van der Waals surface area (Å²) in [6, 6.07) is 5.61. The minimum absolute atomic E-state index is 0.183. The van der Waals surface area contributed by atoms with Crippen molar-refractivity contribution in [3.63, 3.8) is 0 Å².